The van der Waals surface area contributed by atoms with E-state index in [0.717, 1.165) is 53.3 Å². The molecule has 1 aromatic carbocycles. The molecule has 8 heteroatoms. The summed E-state index contributed by atoms with van der Waals surface area (Å²) in [4.78, 5) is 35.3. The van der Waals surface area contributed by atoms with Crippen LogP contribution in [0.2, 0.25) is 0 Å². The van der Waals surface area contributed by atoms with Gasteiger partial charge in [0.2, 0.25) is 0 Å². The second-order valence-corrected chi connectivity index (χ2v) is 10.1. The number of rotatable bonds is 8. The molecule has 3 aromatic rings. The highest BCUT2D eigenvalue weighted by Gasteiger charge is 2.26. The predicted molar refractivity (Wildman–Crippen MR) is 131 cm³/mol. The Hall–Kier alpha value is -2.71. The number of nitrogens with one attached hydrogen (secondary N) is 2. The average Bonchev–Trinajstić information content (AvgIpc) is 3.48. The predicted octanol–water partition coefficient (Wildman–Crippen LogP) is 6.20. The van der Waals surface area contributed by atoms with Crippen molar-refractivity contribution in [2.45, 2.75) is 44.1 Å². The molecule has 0 radical (unpaired) electrons. The molecule has 0 atom stereocenters. The maximum atomic E-state index is 13.0. The molecule has 166 valence electrons. The molecule has 1 aliphatic rings. The van der Waals surface area contributed by atoms with Crippen molar-refractivity contribution in [1.82, 2.24) is 9.97 Å². The van der Waals surface area contributed by atoms with E-state index in [-0.39, 0.29) is 11.7 Å². The van der Waals surface area contributed by atoms with E-state index < -0.39 is 6.03 Å². The molecule has 1 aliphatic carbocycles. The first-order chi connectivity index (χ1) is 15.6. The summed E-state index contributed by atoms with van der Waals surface area (Å²) in [6, 6.07) is 11.1. The molecule has 0 spiro atoms. The Labute approximate surface area is 196 Å². The molecule has 2 amide bonds. The van der Waals surface area contributed by atoms with Gasteiger partial charge in [0.1, 0.15) is 0 Å². The van der Waals surface area contributed by atoms with Crippen LogP contribution in [0.25, 0.3) is 0 Å². The van der Waals surface area contributed by atoms with E-state index in [1.807, 2.05) is 37.3 Å². The Bertz CT molecular complexity index is 1080. The smallest absolute Gasteiger partial charge is 0.307 e. The quantitative estimate of drug-likeness (QED) is 0.305. The summed E-state index contributed by atoms with van der Waals surface area (Å²) >= 11 is 3.15. The van der Waals surface area contributed by atoms with E-state index in [9.17, 15) is 9.59 Å². The van der Waals surface area contributed by atoms with Gasteiger partial charge in [0.15, 0.2) is 10.9 Å². The Morgan fingerprint density at radius 3 is 2.75 bits per heavy atom. The van der Waals surface area contributed by atoms with Crippen molar-refractivity contribution in [3.63, 3.8) is 0 Å². The van der Waals surface area contributed by atoms with Crippen LogP contribution >= 0.6 is 23.1 Å². The second-order valence-electron chi connectivity index (χ2n) is 7.87. The van der Waals surface area contributed by atoms with E-state index in [4.69, 9.17) is 0 Å². The van der Waals surface area contributed by atoms with Crippen LogP contribution in [0.1, 0.15) is 46.5 Å². The van der Waals surface area contributed by atoms with Crippen molar-refractivity contribution in [2.24, 2.45) is 5.92 Å². The van der Waals surface area contributed by atoms with Crippen molar-refractivity contribution >= 4 is 45.7 Å². The molecule has 6 nitrogen and oxygen atoms in total. The maximum Gasteiger partial charge on any atom is 0.325 e. The SMILES string of the molecule is Cc1ccc(NC(=O)Nc2ncc(CCSc3ccccn3)s2)c(C(=O)C2CCCC2)c1. The summed E-state index contributed by atoms with van der Waals surface area (Å²) < 4.78 is 0. The number of amides is 2. The van der Waals surface area contributed by atoms with E-state index in [0.29, 0.717) is 16.4 Å². The van der Waals surface area contributed by atoms with Gasteiger partial charge in [-0.3, -0.25) is 10.1 Å². The molecule has 1 saturated carbocycles. The topological polar surface area (TPSA) is 84.0 Å². The highest BCUT2D eigenvalue weighted by molar-refractivity contribution is 7.99. The van der Waals surface area contributed by atoms with Crippen LogP contribution in [0.15, 0.2) is 53.8 Å². The van der Waals surface area contributed by atoms with Gasteiger partial charge in [0.25, 0.3) is 0 Å². The van der Waals surface area contributed by atoms with Crippen LogP contribution in [-0.4, -0.2) is 27.5 Å². The number of nitrogens with zero attached hydrogens (tertiary/aromatic N) is 2. The number of hydrogen-bond donors (Lipinski definition) is 2. The minimum atomic E-state index is -0.391. The molecule has 0 bridgehead atoms. The lowest BCUT2D eigenvalue weighted by molar-refractivity contribution is 0.0923. The Morgan fingerprint density at radius 1 is 1.12 bits per heavy atom. The lowest BCUT2D eigenvalue weighted by Crippen LogP contribution is -2.22. The Morgan fingerprint density at radius 2 is 1.97 bits per heavy atom. The van der Waals surface area contributed by atoms with E-state index in [1.165, 1.54) is 11.3 Å². The second kappa shape index (κ2) is 10.7. The van der Waals surface area contributed by atoms with E-state index in [1.54, 1.807) is 30.2 Å². The summed E-state index contributed by atoms with van der Waals surface area (Å²) in [5.74, 6) is 1.08. The third-order valence-corrected chi connectivity index (χ3v) is 7.34. The molecular weight excluding hydrogens is 440 g/mol. The highest BCUT2D eigenvalue weighted by atomic mass is 32.2. The Balaban J connectivity index is 1.33. The van der Waals surface area contributed by atoms with Crippen LogP contribution in [0.5, 0.6) is 0 Å². The molecule has 2 aromatic heterocycles. The van der Waals surface area contributed by atoms with Crippen molar-refractivity contribution in [2.75, 3.05) is 16.4 Å². The number of hydrogen-bond acceptors (Lipinski definition) is 6. The van der Waals surface area contributed by atoms with Crippen molar-refractivity contribution in [1.29, 1.82) is 0 Å². The molecule has 0 unspecified atom stereocenters. The number of benzene rings is 1. The van der Waals surface area contributed by atoms with Gasteiger partial charge in [-0.2, -0.15) is 0 Å². The summed E-state index contributed by atoms with van der Waals surface area (Å²) in [5.41, 5.74) is 2.15. The standard InChI is InChI=1S/C24H26N4O2S2/c1-16-9-10-20(19(14-16)22(29)17-6-2-3-7-17)27-23(30)28-24-26-15-18(32-24)11-13-31-21-8-4-5-12-25-21/h4-5,8-10,12,14-15,17H,2-3,6-7,11,13H2,1H3,(H2,26,27,28,30). The molecule has 0 saturated heterocycles. The van der Waals surface area contributed by atoms with Crippen molar-refractivity contribution < 1.29 is 9.59 Å². The lowest BCUT2D eigenvalue weighted by atomic mass is 9.94. The highest BCUT2D eigenvalue weighted by Crippen LogP contribution is 2.31. The molecule has 4 rings (SSSR count). The molecular formula is C24H26N4O2S2. The van der Waals surface area contributed by atoms with Gasteiger partial charge in [-0.1, -0.05) is 30.5 Å². The zero-order valence-corrected chi connectivity index (χ0v) is 19.6. The number of aryl methyl sites for hydroxylation is 2. The zero-order chi connectivity index (χ0) is 22.3. The number of Topliss-reactive ketones (excluding diaryl/α,β-unsaturated/α-hetero) is 1. The number of carbonyl (C=O) groups is 2. The molecule has 0 aliphatic heterocycles. The normalized spacial score (nSPS) is 13.8. The Kier molecular flexibility index (Phi) is 7.55. The fraction of sp³-hybridized carbons (Fsp3) is 0.333. The van der Waals surface area contributed by atoms with Gasteiger partial charge in [-0.15, -0.1) is 23.1 Å². The number of thiazole rings is 1. The fourth-order valence-corrected chi connectivity index (χ4v) is 5.58. The number of pyridine rings is 1. The van der Waals surface area contributed by atoms with Crippen LogP contribution in [-0.2, 0) is 6.42 Å². The fourth-order valence-electron chi connectivity index (χ4n) is 3.80. The average molecular weight is 467 g/mol. The minimum Gasteiger partial charge on any atom is -0.307 e. The largest absolute Gasteiger partial charge is 0.325 e. The van der Waals surface area contributed by atoms with Gasteiger partial charge >= 0.3 is 6.03 Å². The molecule has 32 heavy (non-hydrogen) atoms. The minimum absolute atomic E-state index is 0.0610. The summed E-state index contributed by atoms with van der Waals surface area (Å²) in [5, 5.41) is 7.18. The summed E-state index contributed by atoms with van der Waals surface area (Å²) in [6.45, 7) is 1.96. The monoisotopic (exact) mass is 466 g/mol. The number of anilines is 2. The first-order valence-electron chi connectivity index (χ1n) is 10.8. The third kappa shape index (κ3) is 5.95. The van der Waals surface area contributed by atoms with E-state index >= 15 is 0 Å². The van der Waals surface area contributed by atoms with Gasteiger partial charge in [0, 0.05) is 34.5 Å². The van der Waals surface area contributed by atoms with Crippen molar-refractivity contribution in [3.8, 4) is 0 Å². The number of urea groups is 1. The van der Waals surface area contributed by atoms with Gasteiger partial charge in [-0.05, 0) is 50.5 Å². The van der Waals surface area contributed by atoms with Gasteiger partial charge in [0.05, 0.1) is 10.7 Å². The van der Waals surface area contributed by atoms with Crippen molar-refractivity contribution in [3.05, 3.63) is 64.8 Å². The molecule has 1 fully saturated rings. The first kappa shape index (κ1) is 22.5. The lowest BCUT2D eigenvalue weighted by Gasteiger charge is -2.14. The van der Waals surface area contributed by atoms with Crippen LogP contribution < -0.4 is 10.6 Å². The first-order valence-corrected chi connectivity index (χ1v) is 12.6. The third-order valence-electron chi connectivity index (χ3n) is 5.42. The van der Waals surface area contributed by atoms with Crippen LogP contribution in [0.4, 0.5) is 15.6 Å². The molecule has 2 heterocycles. The number of aromatic nitrogens is 2. The summed E-state index contributed by atoms with van der Waals surface area (Å²) in [7, 11) is 0. The van der Waals surface area contributed by atoms with Crippen LogP contribution in [0.3, 0.4) is 0 Å². The van der Waals surface area contributed by atoms with Crippen LogP contribution in [0, 0.1) is 12.8 Å². The maximum absolute atomic E-state index is 13.0. The van der Waals surface area contributed by atoms with E-state index in [2.05, 4.69) is 20.6 Å². The number of thioether (sulfide) groups is 1. The molecule has 2 N–H and O–H groups in total. The van der Waals surface area contributed by atoms with Gasteiger partial charge < -0.3 is 5.32 Å². The zero-order valence-electron chi connectivity index (χ0n) is 18.0. The number of carbonyl (C=O) groups excluding carboxylic acids is 2. The van der Waals surface area contributed by atoms with Gasteiger partial charge in [-0.25, -0.2) is 14.8 Å². The summed E-state index contributed by atoms with van der Waals surface area (Å²) in [6.07, 6.45) is 8.48. The number of ketones is 1.